The molecule has 0 radical (unpaired) electrons. The van der Waals surface area contributed by atoms with Crippen LogP contribution in [0.2, 0.25) is 19.1 Å². The van der Waals surface area contributed by atoms with E-state index in [0.717, 1.165) is 25.0 Å². The van der Waals surface area contributed by atoms with Crippen LogP contribution in [0.5, 0.6) is 0 Å². The van der Waals surface area contributed by atoms with E-state index in [9.17, 15) is 0 Å². The Balaban J connectivity index is 3.57. The molecule has 0 aliphatic rings. The van der Waals surface area contributed by atoms with Crippen LogP contribution in [-0.4, -0.2) is 26.6 Å². The highest BCUT2D eigenvalue weighted by Crippen LogP contribution is 2.15. The molecule has 0 aromatic heterocycles. The van der Waals surface area contributed by atoms with Gasteiger partial charge in [-0.15, -0.1) is 0 Å². The van der Waals surface area contributed by atoms with Gasteiger partial charge in [-0.1, -0.05) is 31.4 Å². The van der Waals surface area contributed by atoms with Gasteiger partial charge >= 0.3 is 0 Å². The molecule has 1 N–H and O–H groups in total. The summed E-state index contributed by atoms with van der Waals surface area (Å²) in [6.45, 7) is 9.85. The van der Waals surface area contributed by atoms with Gasteiger partial charge in [0.25, 0.3) is 0 Å². The number of hydrogen-bond acceptors (Lipinski definition) is 2. The Morgan fingerprint density at radius 3 is 2.56 bits per heavy atom. The second-order valence-electron chi connectivity index (χ2n) is 5.06. The zero-order chi connectivity index (χ0) is 12.4. The van der Waals surface area contributed by atoms with Crippen LogP contribution >= 0.6 is 0 Å². The van der Waals surface area contributed by atoms with Crippen LogP contribution < -0.4 is 0 Å². The Hall–Kier alpha value is -0.123. The second kappa shape index (κ2) is 8.96. The van der Waals surface area contributed by atoms with Crippen molar-refractivity contribution in [2.24, 2.45) is 0 Å². The summed E-state index contributed by atoms with van der Waals surface area (Å²) >= 11 is 0. The van der Waals surface area contributed by atoms with E-state index in [4.69, 9.17) is 9.53 Å². The van der Waals surface area contributed by atoms with Crippen molar-refractivity contribution in [1.29, 1.82) is 0 Å². The molecular weight excluding hydrogens is 216 g/mol. The molecular formula is C13H28O2Si. The van der Waals surface area contributed by atoms with E-state index in [1.807, 2.05) is 6.92 Å². The fraction of sp³-hybridized carbons (Fsp3) is 0.846. The highest BCUT2D eigenvalue weighted by atomic mass is 28.4. The second-order valence-corrected chi connectivity index (χ2v) is 9.37. The van der Waals surface area contributed by atoms with E-state index >= 15 is 0 Å². The lowest BCUT2D eigenvalue weighted by molar-refractivity contribution is 0.299. The van der Waals surface area contributed by atoms with Crippen molar-refractivity contribution >= 4 is 8.32 Å². The number of aliphatic hydroxyl groups is 1. The smallest absolute Gasteiger partial charge is 0.186 e. The summed E-state index contributed by atoms with van der Waals surface area (Å²) in [7, 11) is -1.38. The average molecular weight is 244 g/mol. The summed E-state index contributed by atoms with van der Waals surface area (Å²) in [4.78, 5) is 0. The molecule has 0 heterocycles. The summed E-state index contributed by atoms with van der Waals surface area (Å²) < 4.78 is 5.99. The maximum Gasteiger partial charge on any atom is 0.186 e. The molecule has 16 heavy (non-hydrogen) atoms. The maximum absolute atomic E-state index is 8.82. The van der Waals surface area contributed by atoms with Crippen LogP contribution in [0.3, 0.4) is 0 Å². The first kappa shape index (κ1) is 15.9. The lowest BCUT2D eigenvalue weighted by atomic mass is 10.2. The van der Waals surface area contributed by atoms with Crippen LogP contribution in [0, 0.1) is 0 Å². The van der Waals surface area contributed by atoms with Gasteiger partial charge < -0.3 is 9.53 Å². The summed E-state index contributed by atoms with van der Waals surface area (Å²) in [5.41, 5.74) is 1.06. The SMILES string of the molecule is CCCC[Si](C)(C)OCCCC=C(C)CO. The van der Waals surface area contributed by atoms with Gasteiger partial charge in [0, 0.05) is 6.61 Å². The zero-order valence-electron chi connectivity index (χ0n) is 11.4. The number of allylic oxidation sites excluding steroid dienone is 1. The van der Waals surface area contributed by atoms with Crippen molar-refractivity contribution in [3.63, 3.8) is 0 Å². The largest absolute Gasteiger partial charge is 0.417 e. The van der Waals surface area contributed by atoms with E-state index in [0.29, 0.717) is 0 Å². The first-order valence-corrected chi connectivity index (χ1v) is 9.54. The van der Waals surface area contributed by atoms with E-state index in [-0.39, 0.29) is 6.61 Å². The predicted octanol–water partition coefficient (Wildman–Crippen LogP) is 3.73. The summed E-state index contributed by atoms with van der Waals surface area (Å²) in [6, 6.07) is 1.27. The Bertz CT molecular complexity index is 200. The van der Waals surface area contributed by atoms with Gasteiger partial charge in [-0.2, -0.15) is 0 Å². The molecule has 2 nitrogen and oxygen atoms in total. The highest BCUT2D eigenvalue weighted by molar-refractivity contribution is 6.71. The Morgan fingerprint density at radius 2 is 2.00 bits per heavy atom. The standard InChI is InChI=1S/C13H28O2Si/c1-5-6-11-16(3,4)15-10-8-7-9-13(2)12-14/h9,14H,5-8,10-12H2,1-4H3. The van der Waals surface area contributed by atoms with Gasteiger partial charge in [-0.05, 0) is 38.9 Å². The molecule has 0 unspecified atom stereocenters. The lowest BCUT2D eigenvalue weighted by Crippen LogP contribution is -2.30. The van der Waals surface area contributed by atoms with Gasteiger partial charge in [0.15, 0.2) is 8.32 Å². The van der Waals surface area contributed by atoms with Crippen LogP contribution in [0.25, 0.3) is 0 Å². The van der Waals surface area contributed by atoms with E-state index < -0.39 is 8.32 Å². The molecule has 0 aromatic rings. The minimum atomic E-state index is -1.38. The molecule has 0 saturated heterocycles. The molecule has 0 fully saturated rings. The van der Waals surface area contributed by atoms with Gasteiger partial charge in [0.1, 0.15) is 0 Å². The van der Waals surface area contributed by atoms with Gasteiger partial charge in [-0.25, -0.2) is 0 Å². The van der Waals surface area contributed by atoms with E-state index in [1.165, 1.54) is 18.9 Å². The van der Waals surface area contributed by atoms with Crippen LogP contribution in [0.1, 0.15) is 39.5 Å². The number of aliphatic hydroxyl groups excluding tert-OH is 1. The molecule has 0 amide bonds. The monoisotopic (exact) mass is 244 g/mol. The van der Waals surface area contributed by atoms with Crippen LogP contribution in [-0.2, 0) is 4.43 Å². The molecule has 0 atom stereocenters. The number of rotatable bonds is 9. The Morgan fingerprint density at radius 1 is 1.31 bits per heavy atom. The van der Waals surface area contributed by atoms with Crippen molar-refractivity contribution in [1.82, 2.24) is 0 Å². The van der Waals surface area contributed by atoms with Crippen molar-refractivity contribution in [2.45, 2.75) is 58.7 Å². The van der Waals surface area contributed by atoms with E-state index in [1.54, 1.807) is 0 Å². The van der Waals surface area contributed by atoms with Crippen molar-refractivity contribution in [3.05, 3.63) is 11.6 Å². The van der Waals surface area contributed by atoms with Crippen LogP contribution in [0.15, 0.2) is 11.6 Å². The molecule has 0 saturated carbocycles. The van der Waals surface area contributed by atoms with E-state index in [2.05, 4.69) is 26.1 Å². The molecule has 0 spiro atoms. The van der Waals surface area contributed by atoms with Crippen molar-refractivity contribution in [2.75, 3.05) is 13.2 Å². The molecule has 0 aliphatic heterocycles. The minimum Gasteiger partial charge on any atom is -0.417 e. The quantitative estimate of drug-likeness (QED) is 0.380. The van der Waals surface area contributed by atoms with Gasteiger partial charge in [0.05, 0.1) is 6.61 Å². The minimum absolute atomic E-state index is 0.178. The highest BCUT2D eigenvalue weighted by Gasteiger charge is 2.20. The molecule has 0 aliphatic carbocycles. The first-order chi connectivity index (χ1) is 7.52. The fourth-order valence-electron chi connectivity index (χ4n) is 1.52. The normalized spacial score (nSPS) is 13.2. The van der Waals surface area contributed by atoms with Gasteiger partial charge in [-0.3, -0.25) is 0 Å². The van der Waals surface area contributed by atoms with Gasteiger partial charge in [0.2, 0.25) is 0 Å². The number of hydrogen-bond donors (Lipinski definition) is 1. The summed E-state index contributed by atoms with van der Waals surface area (Å²) in [6.07, 6.45) is 6.75. The molecule has 0 rings (SSSR count). The third-order valence-electron chi connectivity index (χ3n) is 2.72. The van der Waals surface area contributed by atoms with Crippen molar-refractivity contribution in [3.8, 4) is 0 Å². The van der Waals surface area contributed by atoms with Crippen molar-refractivity contribution < 1.29 is 9.53 Å². The lowest BCUT2D eigenvalue weighted by Gasteiger charge is -2.22. The molecule has 0 aromatic carbocycles. The third-order valence-corrected chi connectivity index (χ3v) is 5.26. The summed E-state index contributed by atoms with van der Waals surface area (Å²) in [5.74, 6) is 0. The topological polar surface area (TPSA) is 29.5 Å². The molecule has 0 bridgehead atoms. The molecule has 3 heteroatoms. The average Bonchev–Trinajstić information content (AvgIpc) is 2.25. The fourth-order valence-corrected chi connectivity index (χ4v) is 3.57. The maximum atomic E-state index is 8.82. The Labute approximate surface area is 102 Å². The zero-order valence-corrected chi connectivity index (χ0v) is 12.4. The Kier molecular flexibility index (Phi) is 8.90. The molecule has 96 valence electrons. The third kappa shape index (κ3) is 9.13. The predicted molar refractivity (Wildman–Crippen MR) is 73.2 cm³/mol. The summed E-state index contributed by atoms with van der Waals surface area (Å²) in [5, 5.41) is 8.82. The first-order valence-electron chi connectivity index (χ1n) is 6.42. The van der Waals surface area contributed by atoms with Crippen LogP contribution in [0.4, 0.5) is 0 Å². The number of unbranched alkanes of at least 4 members (excludes halogenated alkanes) is 2.